The topological polar surface area (TPSA) is 56.1 Å². The van der Waals surface area contributed by atoms with E-state index in [0.29, 0.717) is 0 Å². The Morgan fingerprint density at radius 3 is 2.83 bits per heavy atom. The van der Waals surface area contributed by atoms with Gasteiger partial charge in [0.1, 0.15) is 0 Å². The second-order valence-electron chi connectivity index (χ2n) is 6.70. The van der Waals surface area contributed by atoms with Gasteiger partial charge in [0.15, 0.2) is 0 Å². The minimum atomic E-state index is 0.0270. The van der Waals surface area contributed by atoms with Crippen molar-refractivity contribution in [3.8, 4) is 11.4 Å². The number of hydrogen-bond donors (Lipinski definition) is 0. The zero-order valence-electron chi connectivity index (χ0n) is 13.8. The summed E-state index contributed by atoms with van der Waals surface area (Å²) in [5, 5.41) is 4.26. The summed E-state index contributed by atoms with van der Waals surface area (Å²) in [5.41, 5.74) is 3.08. The number of ether oxygens (including phenoxy) is 1. The van der Waals surface area contributed by atoms with Crippen molar-refractivity contribution in [2.75, 3.05) is 24.6 Å². The molecule has 2 fully saturated rings. The maximum atomic E-state index is 6.11. The number of nitrogens with zero attached hydrogens (tertiary/aromatic N) is 5. The van der Waals surface area contributed by atoms with Crippen LogP contribution in [0.1, 0.15) is 31.2 Å². The first-order valence-electron chi connectivity index (χ1n) is 8.38. The van der Waals surface area contributed by atoms with E-state index < -0.39 is 0 Å². The first-order valence-corrected chi connectivity index (χ1v) is 8.38. The van der Waals surface area contributed by atoms with Gasteiger partial charge < -0.3 is 9.64 Å². The van der Waals surface area contributed by atoms with Crippen molar-refractivity contribution in [3.63, 3.8) is 0 Å². The summed E-state index contributed by atoms with van der Waals surface area (Å²) in [7, 11) is 1.94. The summed E-state index contributed by atoms with van der Waals surface area (Å²) in [4.78, 5) is 11.7. The molecule has 23 heavy (non-hydrogen) atoms. The lowest BCUT2D eigenvalue weighted by atomic mass is 10.00. The van der Waals surface area contributed by atoms with Crippen LogP contribution >= 0.6 is 0 Å². The Bertz CT molecular complexity index is 705. The third kappa shape index (κ3) is 2.61. The summed E-state index contributed by atoms with van der Waals surface area (Å²) >= 11 is 0. The summed E-state index contributed by atoms with van der Waals surface area (Å²) in [6.07, 6.45) is 8.57. The van der Waals surface area contributed by atoms with E-state index in [4.69, 9.17) is 9.72 Å². The molecule has 2 aromatic heterocycles. The molecule has 6 heteroatoms. The molecule has 1 saturated heterocycles. The first-order chi connectivity index (χ1) is 11.2. The molecule has 122 valence electrons. The molecule has 0 N–H and O–H groups in total. The van der Waals surface area contributed by atoms with Gasteiger partial charge in [-0.25, -0.2) is 9.97 Å². The quantitative estimate of drug-likeness (QED) is 0.852. The molecule has 2 aromatic rings. The summed E-state index contributed by atoms with van der Waals surface area (Å²) < 4.78 is 7.97. The number of morpholine rings is 1. The second kappa shape index (κ2) is 5.60. The Labute approximate surface area is 136 Å². The van der Waals surface area contributed by atoms with Crippen LogP contribution in [0.3, 0.4) is 0 Å². The van der Waals surface area contributed by atoms with Crippen LogP contribution in [0.4, 0.5) is 5.95 Å². The zero-order valence-corrected chi connectivity index (χ0v) is 13.8. The lowest BCUT2D eigenvalue weighted by Gasteiger charge is -2.40. The molecule has 0 bridgehead atoms. The van der Waals surface area contributed by atoms with Gasteiger partial charge in [0.2, 0.25) is 5.95 Å². The van der Waals surface area contributed by atoms with E-state index in [0.717, 1.165) is 55.4 Å². The highest BCUT2D eigenvalue weighted by Crippen LogP contribution is 2.36. The number of rotatable bonds is 2. The van der Waals surface area contributed by atoms with Crippen LogP contribution in [-0.4, -0.2) is 45.0 Å². The highest BCUT2D eigenvalue weighted by atomic mass is 16.5. The van der Waals surface area contributed by atoms with Gasteiger partial charge >= 0.3 is 0 Å². The van der Waals surface area contributed by atoms with Crippen molar-refractivity contribution < 1.29 is 4.74 Å². The van der Waals surface area contributed by atoms with Gasteiger partial charge in [-0.2, -0.15) is 5.10 Å². The van der Waals surface area contributed by atoms with Gasteiger partial charge in [0.05, 0.1) is 23.6 Å². The normalized spacial score (nSPS) is 20.3. The fraction of sp³-hybridized carbons (Fsp3) is 0.588. The Hall–Kier alpha value is -1.95. The highest BCUT2D eigenvalue weighted by molar-refractivity contribution is 5.60. The van der Waals surface area contributed by atoms with Crippen molar-refractivity contribution in [1.29, 1.82) is 0 Å². The predicted octanol–water partition coefficient (Wildman–Crippen LogP) is 2.33. The predicted molar refractivity (Wildman–Crippen MR) is 88.3 cm³/mol. The van der Waals surface area contributed by atoms with E-state index in [-0.39, 0.29) is 5.60 Å². The molecule has 1 spiro atoms. The average Bonchev–Trinajstić information content (AvgIpc) is 3.17. The van der Waals surface area contributed by atoms with E-state index >= 15 is 0 Å². The Balaban J connectivity index is 1.66. The highest BCUT2D eigenvalue weighted by Gasteiger charge is 2.40. The standard InChI is InChI=1S/C17H23N5O/c1-13-11-18-16(20-15(13)14-5-8-19-21(14)2)22-9-10-23-17(12-22)6-3-4-7-17/h5,8,11H,3-4,6-7,9-10,12H2,1-2H3. The average molecular weight is 313 g/mol. The van der Waals surface area contributed by atoms with E-state index in [9.17, 15) is 0 Å². The summed E-state index contributed by atoms with van der Waals surface area (Å²) in [5.74, 6) is 0.807. The lowest BCUT2D eigenvalue weighted by Crippen LogP contribution is -2.51. The van der Waals surface area contributed by atoms with Gasteiger partial charge in [-0.1, -0.05) is 12.8 Å². The van der Waals surface area contributed by atoms with Gasteiger partial charge in [0, 0.05) is 32.5 Å². The van der Waals surface area contributed by atoms with Crippen molar-refractivity contribution in [2.45, 2.75) is 38.2 Å². The van der Waals surface area contributed by atoms with E-state index in [1.165, 1.54) is 12.8 Å². The molecule has 1 aliphatic carbocycles. The summed E-state index contributed by atoms with van der Waals surface area (Å²) in [6.45, 7) is 4.57. The Morgan fingerprint density at radius 2 is 2.09 bits per heavy atom. The SMILES string of the molecule is Cc1cnc(N2CCOC3(CCCC3)C2)nc1-c1ccnn1C. The van der Waals surface area contributed by atoms with Crippen molar-refractivity contribution in [3.05, 3.63) is 24.0 Å². The molecular weight excluding hydrogens is 290 g/mol. The first kappa shape index (κ1) is 14.6. The van der Waals surface area contributed by atoms with Crippen LogP contribution < -0.4 is 4.90 Å². The van der Waals surface area contributed by atoms with Gasteiger partial charge in [0.25, 0.3) is 0 Å². The molecule has 1 saturated carbocycles. The zero-order chi connectivity index (χ0) is 15.9. The number of anilines is 1. The summed E-state index contributed by atoms with van der Waals surface area (Å²) in [6, 6.07) is 2.00. The molecule has 2 aliphatic rings. The van der Waals surface area contributed by atoms with Crippen molar-refractivity contribution >= 4 is 5.95 Å². The Kier molecular flexibility index (Phi) is 3.56. The molecule has 3 heterocycles. The number of aryl methyl sites for hydroxylation is 2. The third-order valence-corrected chi connectivity index (χ3v) is 5.07. The lowest BCUT2D eigenvalue weighted by molar-refractivity contribution is -0.0505. The maximum absolute atomic E-state index is 6.11. The van der Waals surface area contributed by atoms with Crippen LogP contribution in [0.5, 0.6) is 0 Å². The van der Waals surface area contributed by atoms with Crippen molar-refractivity contribution in [2.24, 2.45) is 7.05 Å². The molecule has 6 nitrogen and oxygen atoms in total. The monoisotopic (exact) mass is 313 g/mol. The van der Waals surface area contributed by atoms with Crippen LogP contribution in [0.15, 0.2) is 18.5 Å². The van der Waals surface area contributed by atoms with Gasteiger partial charge in [-0.15, -0.1) is 0 Å². The molecular formula is C17H23N5O. The smallest absolute Gasteiger partial charge is 0.226 e. The van der Waals surface area contributed by atoms with E-state index in [2.05, 4.69) is 15.0 Å². The molecule has 0 amide bonds. The third-order valence-electron chi connectivity index (χ3n) is 5.07. The number of aromatic nitrogens is 4. The van der Waals surface area contributed by atoms with Crippen LogP contribution in [0, 0.1) is 6.92 Å². The number of hydrogen-bond acceptors (Lipinski definition) is 5. The van der Waals surface area contributed by atoms with Gasteiger partial charge in [-0.05, 0) is 31.4 Å². The second-order valence-corrected chi connectivity index (χ2v) is 6.70. The molecule has 0 unspecified atom stereocenters. The van der Waals surface area contributed by atoms with E-state index in [1.54, 1.807) is 6.20 Å². The maximum Gasteiger partial charge on any atom is 0.226 e. The van der Waals surface area contributed by atoms with Crippen LogP contribution in [0.2, 0.25) is 0 Å². The minimum absolute atomic E-state index is 0.0270. The molecule has 0 radical (unpaired) electrons. The van der Waals surface area contributed by atoms with Crippen molar-refractivity contribution in [1.82, 2.24) is 19.7 Å². The minimum Gasteiger partial charge on any atom is -0.371 e. The molecule has 1 aliphatic heterocycles. The van der Waals surface area contributed by atoms with E-state index in [1.807, 2.05) is 30.9 Å². The molecule has 0 aromatic carbocycles. The fourth-order valence-electron chi connectivity index (χ4n) is 3.79. The molecule has 0 atom stereocenters. The fourth-order valence-corrected chi connectivity index (χ4v) is 3.79. The largest absolute Gasteiger partial charge is 0.371 e. The van der Waals surface area contributed by atoms with Crippen LogP contribution in [0.25, 0.3) is 11.4 Å². The van der Waals surface area contributed by atoms with Gasteiger partial charge in [-0.3, -0.25) is 4.68 Å². The molecule has 4 rings (SSSR count). The Morgan fingerprint density at radius 1 is 1.26 bits per heavy atom. The van der Waals surface area contributed by atoms with Crippen LogP contribution in [-0.2, 0) is 11.8 Å².